The van der Waals surface area contributed by atoms with Crippen molar-refractivity contribution in [2.45, 2.75) is 18.7 Å². The van der Waals surface area contributed by atoms with Gasteiger partial charge in [-0.05, 0) is 5.56 Å². The average Bonchev–Trinajstić information content (AvgIpc) is 2.28. The highest BCUT2D eigenvalue weighted by Gasteiger charge is 2.23. The van der Waals surface area contributed by atoms with Gasteiger partial charge in [-0.15, -0.1) is 11.6 Å². The topological polar surface area (TPSA) is 39.2 Å². The maximum absolute atomic E-state index is 13.2. The van der Waals surface area contributed by atoms with Gasteiger partial charge in [-0.3, -0.25) is 9.78 Å². The second-order valence-corrected chi connectivity index (χ2v) is 3.40. The van der Waals surface area contributed by atoms with E-state index in [0.717, 1.165) is 7.11 Å². The number of nitrogens with zero attached hydrogens (tertiary/aromatic N) is 1. The van der Waals surface area contributed by atoms with E-state index in [2.05, 4.69) is 9.72 Å². The van der Waals surface area contributed by atoms with Crippen LogP contribution in [0, 0.1) is 5.82 Å². The van der Waals surface area contributed by atoms with Crippen molar-refractivity contribution >= 4 is 17.6 Å². The minimum absolute atomic E-state index is 0.0498. The van der Waals surface area contributed by atoms with Gasteiger partial charge in [0.25, 0.3) is 6.43 Å². The van der Waals surface area contributed by atoms with Crippen LogP contribution in [0.15, 0.2) is 6.20 Å². The number of methoxy groups -OCH3 is 1. The van der Waals surface area contributed by atoms with Crippen LogP contribution in [0.2, 0.25) is 0 Å². The molecule has 0 saturated heterocycles. The quantitative estimate of drug-likeness (QED) is 0.622. The van der Waals surface area contributed by atoms with Gasteiger partial charge in [-0.25, -0.2) is 13.2 Å². The molecule has 0 aliphatic heterocycles. The summed E-state index contributed by atoms with van der Waals surface area (Å²) in [6, 6.07) is 0. The lowest BCUT2D eigenvalue weighted by Crippen LogP contribution is -2.12. The van der Waals surface area contributed by atoms with E-state index in [0.29, 0.717) is 6.20 Å². The van der Waals surface area contributed by atoms with Crippen LogP contribution in [0.1, 0.15) is 23.2 Å². The van der Waals surface area contributed by atoms with E-state index in [1.54, 1.807) is 0 Å². The zero-order chi connectivity index (χ0) is 13.0. The fourth-order valence-electron chi connectivity index (χ4n) is 1.35. The van der Waals surface area contributed by atoms with E-state index < -0.39 is 30.2 Å². The predicted octanol–water partition coefficient (Wildman–Crippen LogP) is 2.61. The van der Waals surface area contributed by atoms with Crippen LogP contribution in [0.4, 0.5) is 13.2 Å². The van der Waals surface area contributed by atoms with Gasteiger partial charge in [0.15, 0.2) is 5.82 Å². The molecular weight excluding hydrogens is 259 g/mol. The third kappa shape index (κ3) is 3.09. The van der Waals surface area contributed by atoms with Gasteiger partial charge in [0, 0.05) is 0 Å². The highest BCUT2D eigenvalue weighted by molar-refractivity contribution is 6.17. The standard InChI is InChI=1S/C10H9ClF3NO2/c1-17-8(16)2-5-7(3-11)15-4-6(12)9(5)10(13)14/h4,10H,2-3H2,1H3. The molecule has 3 nitrogen and oxygen atoms in total. The van der Waals surface area contributed by atoms with Crippen LogP contribution in [0.5, 0.6) is 0 Å². The van der Waals surface area contributed by atoms with Crippen molar-refractivity contribution in [3.8, 4) is 0 Å². The Bertz CT molecular complexity index is 426. The number of alkyl halides is 3. The number of hydrogen-bond acceptors (Lipinski definition) is 3. The second-order valence-electron chi connectivity index (χ2n) is 3.13. The first-order chi connectivity index (χ1) is 8.01. The monoisotopic (exact) mass is 267 g/mol. The normalized spacial score (nSPS) is 10.7. The van der Waals surface area contributed by atoms with Gasteiger partial charge >= 0.3 is 5.97 Å². The molecule has 0 aliphatic rings. The Morgan fingerprint density at radius 2 is 2.24 bits per heavy atom. The largest absolute Gasteiger partial charge is 0.469 e. The molecule has 0 atom stereocenters. The molecule has 0 spiro atoms. The van der Waals surface area contributed by atoms with Crippen molar-refractivity contribution in [1.82, 2.24) is 4.98 Å². The van der Waals surface area contributed by atoms with Gasteiger partial charge in [0.1, 0.15) is 0 Å². The van der Waals surface area contributed by atoms with E-state index >= 15 is 0 Å². The van der Waals surface area contributed by atoms with Crippen LogP contribution in [-0.2, 0) is 21.8 Å². The number of ether oxygens (including phenoxy) is 1. The van der Waals surface area contributed by atoms with E-state index in [4.69, 9.17) is 11.6 Å². The molecule has 0 aromatic carbocycles. The van der Waals surface area contributed by atoms with Crippen LogP contribution in [-0.4, -0.2) is 18.1 Å². The van der Waals surface area contributed by atoms with E-state index in [9.17, 15) is 18.0 Å². The molecule has 0 radical (unpaired) electrons. The fourth-order valence-corrected chi connectivity index (χ4v) is 1.58. The number of halogens is 4. The number of rotatable bonds is 4. The molecule has 1 heterocycles. The molecule has 1 aromatic heterocycles. The van der Waals surface area contributed by atoms with Gasteiger partial charge < -0.3 is 4.74 Å². The molecule has 0 fully saturated rings. The maximum Gasteiger partial charge on any atom is 0.310 e. The van der Waals surface area contributed by atoms with Gasteiger partial charge in [0.05, 0.1) is 36.9 Å². The second kappa shape index (κ2) is 5.86. The summed E-state index contributed by atoms with van der Waals surface area (Å²) in [6.07, 6.45) is -2.86. The number of carbonyl (C=O) groups excluding carboxylic acids is 1. The highest BCUT2D eigenvalue weighted by Crippen LogP contribution is 2.28. The number of aromatic nitrogens is 1. The molecule has 0 amide bonds. The summed E-state index contributed by atoms with van der Waals surface area (Å²) >= 11 is 5.51. The van der Waals surface area contributed by atoms with Crippen LogP contribution in [0.3, 0.4) is 0 Å². The fraction of sp³-hybridized carbons (Fsp3) is 0.400. The Labute approximate surface area is 101 Å². The Kier molecular flexibility index (Phi) is 4.74. The zero-order valence-corrected chi connectivity index (χ0v) is 9.60. The molecule has 0 saturated carbocycles. The first-order valence-corrected chi connectivity index (χ1v) is 5.11. The average molecular weight is 268 g/mol. The summed E-state index contributed by atoms with van der Waals surface area (Å²) in [5.74, 6) is -2.11. The smallest absolute Gasteiger partial charge is 0.310 e. The van der Waals surface area contributed by atoms with Crippen molar-refractivity contribution in [1.29, 1.82) is 0 Å². The number of carbonyl (C=O) groups is 1. The lowest BCUT2D eigenvalue weighted by Gasteiger charge is -2.12. The molecule has 94 valence electrons. The maximum atomic E-state index is 13.2. The lowest BCUT2D eigenvalue weighted by molar-refractivity contribution is -0.139. The van der Waals surface area contributed by atoms with Crippen LogP contribution >= 0.6 is 11.6 Å². The predicted molar refractivity (Wildman–Crippen MR) is 54.4 cm³/mol. The summed E-state index contributed by atoms with van der Waals surface area (Å²) in [4.78, 5) is 14.7. The minimum atomic E-state index is -3.04. The summed E-state index contributed by atoms with van der Waals surface area (Å²) in [5, 5.41) is 0. The SMILES string of the molecule is COC(=O)Cc1c(CCl)ncc(F)c1C(F)F. The first kappa shape index (κ1) is 13.8. The molecular formula is C10H9ClF3NO2. The van der Waals surface area contributed by atoms with Crippen molar-refractivity contribution in [2.24, 2.45) is 0 Å². The van der Waals surface area contributed by atoms with Gasteiger partial charge in [0.2, 0.25) is 0 Å². The third-order valence-electron chi connectivity index (χ3n) is 2.16. The molecule has 0 bridgehead atoms. The van der Waals surface area contributed by atoms with Gasteiger partial charge in [-0.2, -0.15) is 0 Å². The zero-order valence-electron chi connectivity index (χ0n) is 8.84. The van der Waals surface area contributed by atoms with Crippen molar-refractivity contribution < 1.29 is 22.7 Å². The summed E-state index contributed by atoms with van der Waals surface area (Å²) in [7, 11) is 1.11. The Morgan fingerprint density at radius 3 is 2.71 bits per heavy atom. The summed E-state index contributed by atoms with van der Waals surface area (Å²) < 4.78 is 43.0. The molecule has 1 aromatic rings. The Hall–Kier alpha value is -1.30. The summed E-state index contributed by atoms with van der Waals surface area (Å²) in [5.41, 5.74) is -1.00. The minimum Gasteiger partial charge on any atom is -0.469 e. The molecule has 0 aliphatic carbocycles. The number of pyridine rings is 1. The van der Waals surface area contributed by atoms with Crippen molar-refractivity contribution in [3.05, 3.63) is 28.8 Å². The number of hydrogen-bond donors (Lipinski definition) is 0. The highest BCUT2D eigenvalue weighted by atomic mass is 35.5. The van der Waals surface area contributed by atoms with Crippen LogP contribution < -0.4 is 0 Å². The van der Waals surface area contributed by atoms with Crippen molar-refractivity contribution in [2.75, 3.05) is 7.11 Å². The molecule has 0 N–H and O–H groups in total. The lowest BCUT2D eigenvalue weighted by atomic mass is 10.0. The molecule has 17 heavy (non-hydrogen) atoms. The first-order valence-electron chi connectivity index (χ1n) is 4.58. The Balaban J connectivity index is 3.29. The van der Waals surface area contributed by atoms with Gasteiger partial charge in [-0.1, -0.05) is 0 Å². The van der Waals surface area contributed by atoms with E-state index in [1.165, 1.54) is 0 Å². The van der Waals surface area contributed by atoms with Crippen LogP contribution in [0.25, 0.3) is 0 Å². The van der Waals surface area contributed by atoms with E-state index in [-0.39, 0.29) is 17.1 Å². The third-order valence-corrected chi connectivity index (χ3v) is 2.41. The van der Waals surface area contributed by atoms with E-state index in [1.807, 2.05) is 0 Å². The Morgan fingerprint density at radius 1 is 1.59 bits per heavy atom. The molecule has 1 rings (SSSR count). The number of esters is 1. The van der Waals surface area contributed by atoms with Crippen molar-refractivity contribution in [3.63, 3.8) is 0 Å². The summed E-state index contributed by atoms with van der Waals surface area (Å²) in [6.45, 7) is 0. The molecule has 7 heteroatoms. The molecule has 0 unspecified atom stereocenters.